The second-order valence-corrected chi connectivity index (χ2v) is 5.37. The van der Waals surface area contributed by atoms with Gasteiger partial charge in [0.05, 0.1) is 11.4 Å². The predicted molar refractivity (Wildman–Crippen MR) is 87.2 cm³/mol. The zero-order chi connectivity index (χ0) is 18.9. The first-order valence-electron chi connectivity index (χ1n) is 7.34. The van der Waals surface area contributed by atoms with Crippen LogP contribution in [0, 0.1) is 5.82 Å². The van der Waals surface area contributed by atoms with Crippen molar-refractivity contribution < 1.29 is 22.4 Å². The molecule has 0 aliphatic heterocycles. The van der Waals surface area contributed by atoms with E-state index in [-0.39, 0.29) is 5.69 Å². The molecule has 2 amide bonds. The van der Waals surface area contributed by atoms with Crippen LogP contribution in [0.3, 0.4) is 0 Å². The van der Waals surface area contributed by atoms with E-state index in [9.17, 15) is 22.4 Å². The smallest absolute Gasteiger partial charge is 0.351 e. The summed E-state index contributed by atoms with van der Waals surface area (Å²) in [7, 11) is 0. The van der Waals surface area contributed by atoms with E-state index < -0.39 is 23.7 Å². The molecular weight excluding hydrogens is 352 g/mol. The monoisotopic (exact) mass is 364 g/mol. The largest absolute Gasteiger partial charge is 0.435 e. The SMILES string of the molecule is NC(=O)Nc1ccc(-n2nc(C(F)(F)F)cc2-c2ccc(F)cc2)cc1. The summed E-state index contributed by atoms with van der Waals surface area (Å²) in [4.78, 5) is 10.8. The highest BCUT2D eigenvalue weighted by Gasteiger charge is 2.35. The maximum absolute atomic E-state index is 13.1. The fourth-order valence-corrected chi connectivity index (χ4v) is 2.37. The minimum absolute atomic E-state index is 0.146. The molecule has 0 radical (unpaired) electrons. The van der Waals surface area contributed by atoms with E-state index in [1.807, 2.05) is 0 Å². The van der Waals surface area contributed by atoms with Crippen molar-refractivity contribution in [1.82, 2.24) is 9.78 Å². The molecule has 0 spiro atoms. The average Bonchev–Trinajstić information content (AvgIpc) is 3.01. The molecule has 0 saturated heterocycles. The summed E-state index contributed by atoms with van der Waals surface area (Å²) in [6, 6.07) is 11.1. The Morgan fingerprint density at radius 2 is 1.65 bits per heavy atom. The Bertz CT molecular complexity index is 931. The van der Waals surface area contributed by atoms with Crippen molar-refractivity contribution in [2.45, 2.75) is 6.18 Å². The Labute approximate surface area is 145 Å². The van der Waals surface area contributed by atoms with Gasteiger partial charge in [-0.15, -0.1) is 0 Å². The van der Waals surface area contributed by atoms with E-state index >= 15 is 0 Å². The number of benzene rings is 2. The van der Waals surface area contributed by atoms with E-state index in [0.717, 1.165) is 22.9 Å². The van der Waals surface area contributed by atoms with E-state index in [2.05, 4.69) is 10.4 Å². The summed E-state index contributed by atoms with van der Waals surface area (Å²) in [6.45, 7) is 0. The number of rotatable bonds is 3. The number of amides is 2. The molecule has 3 N–H and O–H groups in total. The summed E-state index contributed by atoms with van der Waals surface area (Å²) >= 11 is 0. The van der Waals surface area contributed by atoms with Crippen molar-refractivity contribution in [2.24, 2.45) is 5.73 Å². The molecule has 1 aromatic heterocycles. The van der Waals surface area contributed by atoms with Gasteiger partial charge in [-0.3, -0.25) is 0 Å². The zero-order valence-corrected chi connectivity index (χ0v) is 13.1. The lowest BCUT2D eigenvalue weighted by atomic mass is 10.1. The molecule has 5 nitrogen and oxygen atoms in total. The van der Waals surface area contributed by atoms with Crippen molar-refractivity contribution in [3.63, 3.8) is 0 Å². The number of urea groups is 1. The summed E-state index contributed by atoms with van der Waals surface area (Å²) in [5.41, 5.74) is 5.17. The second-order valence-electron chi connectivity index (χ2n) is 5.37. The molecular formula is C17H12F4N4O. The number of alkyl halides is 3. The molecule has 2 aromatic carbocycles. The fourth-order valence-electron chi connectivity index (χ4n) is 2.37. The number of hydrogen-bond acceptors (Lipinski definition) is 2. The third kappa shape index (κ3) is 3.66. The Hall–Kier alpha value is -3.36. The van der Waals surface area contributed by atoms with Crippen molar-refractivity contribution in [1.29, 1.82) is 0 Å². The predicted octanol–water partition coefficient (Wildman–Crippen LogP) is 4.19. The number of halogens is 4. The maximum Gasteiger partial charge on any atom is 0.435 e. The highest BCUT2D eigenvalue weighted by Crippen LogP contribution is 2.33. The molecule has 0 unspecified atom stereocenters. The lowest BCUT2D eigenvalue weighted by molar-refractivity contribution is -0.141. The lowest BCUT2D eigenvalue weighted by Crippen LogP contribution is -2.19. The zero-order valence-electron chi connectivity index (χ0n) is 13.1. The van der Waals surface area contributed by atoms with Crippen molar-refractivity contribution in [3.05, 3.63) is 66.1 Å². The molecule has 9 heteroatoms. The first kappa shape index (κ1) is 17.5. The third-order valence-electron chi connectivity index (χ3n) is 3.52. The number of anilines is 1. The number of carbonyl (C=O) groups excluding carboxylic acids is 1. The number of nitrogens with two attached hydrogens (primary N) is 1. The van der Waals surface area contributed by atoms with E-state index in [4.69, 9.17) is 5.73 Å². The second kappa shape index (κ2) is 6.51. The molecule has 0 saturated carbocycles. The van der Waals surface area contributed by atoms with Gasteiger partial charge in [-0.2, -0.15) is 18.3 Å². The van der Waals surface area contributed by atoms with Crippen LogP contribution in [0.4, 0.5) is 28.0 Å². The molecule has 0 aliphatic carbocycles. The van der Waals surface area contributed by atoms with Crippen LogP contribution in [0.5, 0.6) is 0 Å². The quantitative estimate of drug-likeness (QED) is 0.684. The highest BCUT2D eigenvalue weighted by molar-refractivity contribution is 5.87. The summed E-state index contributed by atoms with van der Waals surface area (Å²) in [6.07, 6.45) is -4.63. The van der Waals surface area contributed by atoms with E-state index in [1.165, 1.54) is 36.4 Å². The highest BCUT2D eigenvalue weighted by atomic mass is 19.4. The van der Waals surface area contributed by atoms with Gasteiger partial charge in [-0.25, -0.2) is 13.9 Å². The van der Waals surface area contributed by atoms with Gasteiger partial charge in [0.25, 0.3) is 0 Å². The maximum atomic E-state index is 13.1. The molecule has 26 heavy (non-hydrogen) atoms. The Morgan fingerprint density at radius 3 is 2.19 bits per heavy atom. The average molecular weight is 364 g/mol. The number of nitrogens with one attached hydrogen (secondary N) is 1. The Morgan fingerprint density at radius 1 is 1.04 bits per heavy atom. The first-order valence-corrected chi connectivity index (χ1v) is 7.34. The topological polar surface area (TPSA) is 72.9 Å². The van der Waals surface area contributed by atoms with E-state index in [1.54, 1.807) is 0 Å². The molecule has 3 rings (SSSR count). The summed E-state index contributed by atoms with van der Waals surface area (Å²) in [5, 5.41) is 5.98. The van der Waals surface area contributed by atoms with Crippen LogP contribution in [-0.4, -0.2) is 15.8 Å². The molecule has 0 bridgehead atoms. The van der Waals surface area contributed by atoms with Crippen LogP contribution in [0.2, 0.25) is 0 Å². The summed E-state index contributed by atoms with van der Waals surface area (Å²) in [5.74, 6) is -0.502. The third-order valence-corrected chi connectivity index (χ3v) is 3.52. The van der Waals surface area contributed by atoms with Crippen LogP contribution < -0.4 is 11.1 Å². The molecule has 3 aromatic rings. The van der Waals surface area contributed by atoms with Crippen LogP contribution in [0.15, 0.2) is 54.6 Å². The first-order chi connectivity index (χ1) is 12.2. The van der Waals surface area contributed by atoms with Gasteiger partial charge < -0.3 is 11.1 Å². The lowest BCUT2D eigenvalue weighted by Gasteiger charge is -2.09. The van der Waals surface area contributed by atoms with Crippen LogP contribution in [0.1, 0.15) is 5.69 Å². The van der Waals surface area contributed by atoms with Crippen LogP contribution in [-0.2, 0) is 6.18 Å². The summed E-state index contributed by atoms with van der Waals surface area (Å²) < 4.78 is 53.5. The Kier molecular flexibility index (Phi) is 4.37. The van der Waals surface area contributed by atoms with Crippen LogP contribution >= 0.6 is 0 Å². The van der Waals surface area contributed by atoms with Gasteiger partial charge in [-0.05, 0) is 54.6 Å². The van der Waals surface area contributed by atoms with Crippen molar-refractivity contribution in [2.75, 3.05) is 5.32 Å². The molecule has 0 aliphatic rings. The van der Waals surface area contributed by atoms with Gasteiger partial charge in [0.15, 0.2) is 5.69 Å². The van der Waals surface area contributed by atoms with Gasteiger partial charge in [0, 0.05) is 11.3 Å². The normalized spacial score (nSPS) is 11.4. The number of carbonyl (C=O) groups is 1. The molecule has 0 atom stereocenters. The minimum atomic E-state index is -4.63. The minimum Gasteiger partial charge on any atom is -0.351 e. The van der Waals surface area contributed by atoms with Gasteiger partial charge in [0.2, 0.25) is 0 Å². The number of hydrogen-bond donors (Lipinski definition) is 2. The standard InChI is InChI=1S/C17H12F4N4O/c18-11-3-1-10(2-4-11)14-9-15(17(19,20)21)24-25(14)13-7-5-12(6-8-13)23-16(22)26/h1-9H,(H3,22,23,26). The van der Waals surface area contributed by atoms with Gasteiger partial charge in [-0.1, -0.05) is 0 Å². The molecule has 1 heterocycles. The van der Waals surface area contributed by atoms with Crippen molar-refractivity contribution >= 4 is 11.7 Å². The number of nitrogens with zero attached hydrogens (tertiary/aromatic N) is 2. The van der Waals surface area contributed by atoms with E-state index in [0.29, 0.717) is 16.9 Å². The van der Waals surface area contributed by atoms with Gasteiger partial charge >= 0.3 is 12.2 Å². The van der Waals surface area contributed by atoms with Gasteiger partial charge in [0.1, 0.15) is 5.82 Å². The fraction of sp³-hybridized carbons (Fsp3) is 0.0588. The van der Waals surface area contributed by atoms with Crippen molar-refractivity contribution in [3.8, 4) is 16.9 Å². The molecule has 0 fully saturated rings. The number of aromatic nitrogens is 2. The Balaban J connectivity index is 2.08. The molecule has 134 valence electrons. The van der Waals surface area contributed by atoms with Crippen LogP contribution in [0.25, 0.3) is 16.9 Å². The number of primary amides is 1.